The number of carbonyl (C=O) groups is 1. The number of pyridine rings is 1. The van der Waals surface area contributed by atoms with Gasteiger partial charge >= 0.3 is 0 Å². The van der Waals surface area contributed by atoms with Crippen molar-refractivity contribution in [3.8, 4) is 5.88 Å². The van der Waals surface area contributed by atoms with E-state index in [-0.39, 0.29) is 11.9 Å². The van der Waals surface area contributed by atoms with E-state index in [0.717, 1.165) is 30.5 Å². The van der Waals surface area contributed by atoms with E-state index in [1.165, 1.54) is 0 Å². The lowest BCUT2D eigenvalue weighted by molar-refractivity contribution is -0.129. The van der Waals surface area contributed by atoms with Crippen molar-refractivity contribution in [1.82, 2.24) is 9.88 Å². The fourth-order valence-corrected chi connectivity index (χ4v) is 2.97. The molecule has 4 nitrogen and oxygen atoms in total. The topological polar surface area (TPSA) is 42.4 Å². The number of nitrogens with zero attached hydrogens (tertiary/aromatic N) is 2. The van der Waals surface area contributed by atoms with Gasteiger partial charge in [0, 0.05) is 25.2 Å². The van der Waals surface area contributed by atoms with Crippen LogP contribution in [0.2, 0.25) is 0 Å². The molecule has 0 saturated carbocycles. The standard InChI is InChI=1S/C18H20N2O2/c1-14(21)20-12-6-10-17(20)16-9-5-11-19-18(16)22-13-15-7-3-2-4-8-15/h2-5,7-9,11,17H,6,10,12-13H2,1H3/t17-/m1/s1. The molecule has 2 heterocycles. The first kappa shape index (κ1) is 14.6. The molecule has 1 saturated heterocycles. The van der Waals surface area contributed by atoms with Gasteiger partial charge in [-0.25, -0.2) is 4.98 Å². The van der Waals surface area contributed by atoms with Gasteiger partial charge in [-0.1, -0.05) is 36.4 Å². The maximum atomic E-state index is 11.8. The van der Waals surface area contributed by atoms with Crippen LogP contribution in [0.25, 0.3) is 0 Å². The minimum Gasteiger partial charge on any atom is -0.473 e. The first-order valence-electron chi connectivity index (χ1n) is 7.64. The highest BCUT2D eigenvalue weighted by molar-refractivity contribution is 5.74. The molecule has 114 valence electrons. The molecular weight excluding hydrogens is 276 g/mol. The molecule has 0 bridgehead atoms. The molecule has 0 spiro atoms. The van der Waals surface area contributed by atoms with Gasteiger partial charge in [-0.15, -0.1) is 0 Å². The van der Waals surface area contributed by atoms with E-state index in [9.17, 15) is 4.79 Å². The number of carbonyl (C=O) groups excluding carboxylic acids is 1. The summed E-state index contributed by atoms with van der Waals surface area (Å²) in [4.78, 5) is 18.1. The number of hydrogen-bond acceptors (Lipinski definition) is 3. The van der Waals surface area contributed by atoms with Gasteiger partial charge in [0.1, 0.15) is 6.61 Å². The summed E-state index contributed by atoms with van der Waals surface area (Å²) in [7, 11) is 0. The zero-order valence-electron chi connectivity index (χ0n) is 12.7. The third kappa shape index (κ3) is 3.11. The van der Waals surface area contributed by atoms with Gasteiger partial charge < -0.3 is 9.64 Å². The van der Waals surface area contributed by atoms with Gasteiger partial charge in [0.25, 0.3) is 0 Å². The minimum absolute atomic E-state index is 0.0805. The molecular formula is C18H20N2O2. The van der Waals surface area contributed by atoms with Gasteiger partial charge in [0.15, 0.2) is 0 Å². The summed E-state index contributed by atoms with van der Waals surface area (Å²) in [5.41, 5.74) is 2.11. The highest BCUT2D eigenvalue weighted by Gasteiger charge is 2.30. The van der Waals surface area contributed by atoms with Crippen molar-refractivity contribution < 1.29 is 9.53 Å². The van der Waals surface area contributed by atoms with Crippen LogP contribution in [0.1, 0.15) is 36.9 Å². The first-order valence-corrected chi connectivity index (χ1v) is 7.64. The Bertz CT molecular complexity index is 643. The van der Waals surface area contributed by atoms with E-state index in [4.69, 9.17) is 4.74 Å². The number of rotatable bonds is 4. The Morgan fingerprint density at radius 2 is 2.09 bits per heavy atom. The molecule has 0 N–H and O–H groups in total. The van der Waals surface area contributed by atoms with Crippen LogP contribution in [0.4, 0.5) is 0 Å². The zero-order chi connectivity index (χ0) is 15.4. The Balaban J connectivity index is 1.79. The second kappa shape index (κ2) is 6.60. The molecule has 2 aromatic rings. The van der Waals surface area contributed by atoms with Crippen molar-refractivity contribution in [2.24, 2.45) is 0 Å². The van der Waals surface area contributed by atoms with Crippen LogP contribution in [0.5, 0.6) is 5.88 Å². The monoisotopic (exact) mass is 296 g/mol. The lowest BCUT2D eigenvalue weighted by Crippen LogP contribution is -2.28. The van der Waals surface area contributed by atoms with E-state index in [2.05, 4.69) is 4.98 Å². The van der Waals surface area contributed by atoms with Gasteiger partial charge in [-0.2, -0.15) is 0 Å². The molecule has 1 aliphatic rings. The van der Waals surface area contributed by atoms with Gasteiger partial charge in [0.05, 0.1) is 6.04 Å². The molecule has 1 aromatic heterocycles. The predicted molar refractivity (Wildman–Crippen MR) is 84.4 cm³/mol. The molecule has 1 aromatic carbocycles. The summed E-state index contributed by atoms with van der Waals surface area (Å²) in [6, 6.07) is 14.0. The summed E-state index contributed by atoms with van der Waals surface area (Å²) in [5, 5.41) is 0. The van der Waals surface area contributed by atoms with Crippen molar-refractivity contribution in [1.29, 1.82) is 0 Å². The third-order valence-corrected chi connectivity index (χ3v) is 4.04. The average Bonchev–Trinajstić information content (AvgIpc) is 3.04. The summed E-state index contributed by atoms with van der Waals surface area (Å²) < 4.78 is 5.91. The zero-order valence-corrected chi connectivity index (χ0v) is 12.7. The van der Waals surface area contributed by atoms with Crippen molar-refractivity contribution in [2.45, 2.75) is 32.4 Å². The largest absolute Gasteiger partial charge is 0.473 e. The first-order chi connectivity index (χ1) is 10.8. The molecule has 1 atom stereocenters. The maximum Gasteiger partial charge on any atom is 0.219 e. The Morgan fingerprint density at radius 1 is 1.27 bits per heavy atom. The number of amides is 1. The van der Waals surface area contributed by atoms with Crippen LogP contribution in [0.3, 0.4) is 0 Å². The number of hydrogen-bond donors (Lipinski definition) is 0. The van der Waals surface area contributed by atoms with Crippen molar-refractivity contribution in [3.05, 3.63) is 59.8 Å². The van der Waals surface area contributed by atoms with E-state index < -0.39 is 0 Å². The lowest BCUT2D eigenvalue weighted by atomic mass is 10.1. The highest BCUT2D eigenvalue weighted by atomic mass is 16.5. The summed E-state index contributed by atoms with van der Waals surface area (Å²) in [5.74, 6) is 0.741. The SMILES string of the molecule is CC(=O)N1CCC[C@@H]1c1cccnc1OCc1ccccc1. The number of aromatic nitrogens is 1. The van der Waals surface area contributed by atoms with Crippen LogP contribution in [0, 0.1) is 0 Å². The van der Waals surface area contributed by atoms with Crippen LogP contribution in [-0.4, -0.2) is 22.3 Å². The highest BCUT2D eigenvalue weighted by Crippen LogP contribution is 2.36. The van der Waals surface area contributed by atoms with Gasteiger partial charge in [0.2, 0.25) is 11.8 Å². The quantitative estimate of drug-likeness (QED) is 0.869. The molecule has 1 aliphatic heterocycles. The summed E-state index contributed by atoms with van der Waals surface area (Å²) >= 11 is 0. The minimum atomic E-state index is 0.0805. The van der Waals surface area contributed by atoms with Crippen molar-refractivity contribution in [3.63, 3.8) is 0 Å². The van der Waals surface area contributed by atoms with Crippen LogP contribution in [0.15, 0.2) is 48.7 Å². The van der Waals surface area contributed by atoms with Gasteiger partial charge in [-0.3, -0.25) is 4.79 Å². The van der Waals surface area contributed by atoms with Crippen molar-refractivity contribution >= 4 is 5.91 Å². The number of ether oxygens (including phenoxy) is 1. The molecule has 0 radical (unpaired) electrons. The van der Waals surface area contributed by atoms with Crippen LogP contribution < -0.4 is 4.74 Å². The molecule has 22 heavy (non-hydrogen) atoms. The van der Waals surface area contributed by atoms with Crippen LogP contribution in [-0.2, 0) is 11.4 Å². The molecule has 0 aliphatic carbocycles. The Morgan fingerprint density at radius 3 is 2.86 bits per heavy atom. The van der Waals surface area contributed by atoms with Crippen molar-refractivity contribution in [2.75, 3.05) is 6.54 Å². The average molecular weight is 296 g/mol. The Hall–Kier alpha value is -2.36. The fraction of sp³-hybridized carbons (Fsp3) is 0.333. The molecule has 1 fully saturated rings. The molecule has 4 heteroatoms. The van der Waals surface area contributed by atoms with E-state index in [1.54, 1.807) is 13.1 Å². The normalized spacial score (nSPS) is 17.5. The van der Waals surface area contributed by atoms with E-state index in [1.807, 2.05) is 47.4 Å². The predicted octanol–water partition coefficient (Wildman–Crippen LogP) is 3.34. The Kier molecular flexibility index (Phi) is 4.37. The smallest absolute Gasteiger partial charge is 0.219 e. The fourth-order valence-electron chi connectivity index (χ4n) is 2.97. The number of benzene rings is 1. The summed E-state index contributed by atoms with van der Waals surface area (Å²) in [6.45, 7) is 2.92. The summed E-state index contributed by atoms with van der Waals surface area (Å²) in [6.07, 6.45) is 3.72. The van der Waals surface area contributed by atoms with E-state index >= 15 is 0 Å². The van der Waals surface area contributed by atoms with Crippen LogP contribution >= 0.6 is 0 Å². The molecule has 3 rings (SSSR count). The molecule has 1 amide bonds. The number of likely N-dealkylation sites (tertiary alicyclic amines) is 1. The molecule has 0 unspecified atom stereocenters. The second-order valence-electron chi connectivity index (χ2n) is 5.54. The third-order valence-electron chi connectivity index (χ3n) is 4.04. The van der Waals surface area contributed by atoms with Gasteiger partial charge in [-0.05, 0) is 24.5 Å². The van der Waals surface area contributed by atoms with E-state index in [0.29, 0.717) is 12.5 Å². The lowest BCUT2D eigenvalue weighted by Gasteiger charge is -2.24. The maximum absolute atomic E-state index is 11.8. The Labute approximate surface area is 130 Å². The second-order valence-corrected chi connectivity index (χ2v) is 5.54.